The van der Waals surface area contributed by atoms with E-state index < -0.39 is 46.8 Å². The summed E-state index contributed by atoms with van der Waals surface area (Å²) in [4.78, 5) is 24.1. The Labute approximate surface area is 166 Å². The highest BCUT2D eigenvalue weighted by Gasteiger charge is 2.22. The van der Waals surface area contributed by atoms with E-state index in [1.807, 2.05) is 0 Å². The summed E-state index contributed by atoms with van der Waals surface area (Å²) in [6, 6.07) is 4.65. The Balaban J connectivity index is 2.04. The van der Waals surface area contributed by atoms with Crippen molar-refractivity contribution >= 4 is 40.8 Å². The molecule has 0 saturated carbocycles. The molecule has 5 nitrogen and oxygen atoms in total. The van der Waals surface area contributed by atoms with Gasteiger partial charge in [-0.25, -0.2) is 13.6 Å². The Morgan fingerprint density at radius 1 is 1.04 bits per heavy atom. The molecule has 0 radical (unpaired) electrons. The van der Waals surface area contributed by atoms with Crippen LogP contribution >= 0.6 is 23.2 Å². The molecule has 0 aliphatic carbocycles. The molecule has 1 N–H and O–H groups in total. The first-order chi connectivity index (χ1) is 13.1. The molecule has 2 aromatic rings. The van der Waals surface area contributed by atoms with E-state index in [0.717, 1.165) is 12.1 Å². The van der Waals surface area contributed by atoms with Crippen LogP contribution in [0.25, 0.3) is 0 Å². The third kappa shape index (κ3) is 5.49. The van der Waals surface area contributed by atoms with Gasteiger partial charge in [-0.3, -0.25) is 4.79 Å². The van der Waals surface area contributed by atoms with E-state index in [4.69, 9.17) is 27.9 Å². The molecule has 1 amide bonds. The van der Waals surface area contributed by atoms with Crippen molar-refractivity contribution in [3.05, 3.63) is 57.6 Å². The fourth-order valence-electron chi connectivity index (χ4n) is 1.97. The highest BCUT2D eigenvalue weighted by Crippen LogP contribution is 2.29. The zero-order valence-electron chi connectivity index (χ0n) is 13.9. The molecule has 0 aliphatic heterocycles. The number of esters is 1. The molecule has 0 spiro atoms. The summed E-state index contributed by atoms with van der Waals surface area (Å²) >= 11 is 11.4. The third-order valence-electron chi connectivity index (χ3n) is 3.30. The molecule has 0 fully saturated rings. The van der Waals surface area contributed by atoms with Gasteiger partial charge in [-0.1, -0.05) is 23.2 Å². The van der Waals surface area contributed by atoms with Crippen LogP contribution in [0.2, 0.25) is 10.0 Å². The monoisotopic (exact) mass is 439 g/mol. The number of nitrogens with one attached hydrogen (secondary N) is 1. The Morgan fingerprint density at radius 3 is 2.29 bits per heavy atom. The van der Waals surface area contributed by atoms with Crippen LogP contribution in [0.5, 0.6) is 5.75 Å². The standard InChI is InChI=1S/C17H11Cl2F4NO4/c1-7(27-16(26)9-5-12(20)13(21)6-10(9)18)15(25)24-8-2-3-14(11(19)4-8)28-17(22)23/h2-7,17H,1H3,(H,24,25). The first-order valence-electron chi connectivity index (χ1n) is 7.49. The molecule has 11 heteroatoms. The van der Waals surface area contributed by atoms with Gasteiger partial charge in [0, 0.05) is 5.69 Å². The summed E-state index contributed by atoms with van der Waals surface area (Å²) in [5.74, 6) is -4.80. The van der Waals surface area contributed by atoms with Crippen molar-refractivity contribution in [1.82, 2.24) is 0 Å². The van der Waals surface area contributed by atoms with Gasteiger partial charge >= 0.3 is 12.6 Å². The van der Waals surface area contributed by atoms with Gasteiger partial charge in [-0.15, -0.1) is 0 Å². The molecule has 0 aromatic heterocycles. The van der Waals surface area contributed by atoms with Crippen molar-refractivity contribution in [3.8, 4) is 5.75 Å². The SMILES string of the molecule is CC(OC(=O)c1cc(F)c(F)cc1Cl)C(=O)Nc1ccc(OC(F)F)c(Cl)c1. The van der Waals surface area contributed by atoms with Crippen LogP contribution in [0.4, 0.5) is 23.2 Å². The van der Waals surface area contributed by atoms with E-state index in [1.165, 1.54) is 13.0 Å². The molecule has 2 aromatic carbocycles. The minimum Gasteiger partial charge on any atom is -0.449 e. The Bertz CT molecular complexity index is 911. The molecule has 1 atom stereocenters. The Hall–Kier alpha value is -2.52. The number of benzene rings is 2. The average Bonchev–Trinajstić information content (AvgIpc) is 2.60. The number of carbonyl (C=O) groups excluding carboxylic acids is 2. The zero-order chi connectivity index (χ0) is 21.0. The molecular formula is C17H11Cl2F4NO4. The maximum absolute atomic E-state index is 13.3. The van der Waals surface area contributed by atoms with Gasteiger partial charge in [0.1, 0.15) is 5.75 Å². The predicted octanol–water partition coefficient (Wildman–Crippen LogP) is 5.06. The van der Waals surface area contributed by atoms with E-state index in [2.05, 4.69) is 10.1 Å². The van der Waals surface area contributed by atoms with E-state index in [9.17, 15) is 27.2 Å². The van der Waals surface area contributed by atoms with Gasteiger partial charge in [-0.05, 0) is 37.3 Å². The number of carbonyl (C=O) groups is 2. The summed E-state index contributed by atoms with van der Waals surface area (Å²) < 4.78 is 59.8. The molecule has 1 unspecified atom stereocenters. The van der Waals surface area contributed by atoms with Gasteiger partial charge in [0.2, 0.25) is 0 Å². The van der Waals surface area contributed by atoms with Gasteiger partial charge < -0.3 is 14.8 Å². The summed E-state index contributed by atoms with van der Waals surface area (Å²) in [5, 5.41) is 1.77. The van der Waals surface area contributed by atoms with Crippen LogP contribution in [0.15, 0.2) is 30.3 Å². The van der Waals surface area contributed by atoms with Crippen LogP contribution in [-0.4, -0.2) is 24.6 Å². The minimum atomic E-state index is -3.07. The van der Waals surface area contributed by atoms with Crippen LogP contribution < -0.4 is 10.1 Å². The minimum absolute atomic E-state index is 0.116. The van der Waals surface area contributed by atoms with Crippen LogP contribution in [0.3, 0.4) is 0 Å². The highest BCUT2D eigenvalue weighted by molar-refractivity contribution is 6.33. The number of rotatable bonds is 6. The molecule has 28 heavy (non-hydrogen) atoms. The van der Waals surface area contributed by atoms with Gasteiger partial charge in [0.15, 0.2) is 17.7 Å². The normalized spacial score (nSPS) is 11.9. The summed E-state index contributed by atoms with van der Waals surface area (Å²) in [6.45, 7) is -1.85. The van der Waals surface area contributed by atoms with E-state index >= 15 is 0 Å². The lowest BCUT2D eigenvalue weighted by Crippen LogP contribution is -2.30. The van der Waals surface area contributed by atoms with Crippen LogP contribution in [0, 0.1) is 11.6 Å². The third-order valence-corrected chi connectivity index (χ3v) is 3.91. The average molecular weight is 440 g/mol. The van der Waals surface area contributed by atoms with Gasteiger partial charge in [-0.2, -0.15) is 8.78 Å². The number of alkyl halides is 2. The number of anilines is 1. The van der Waals surface area contributed by atoms with Crippen LogP contribution in [-0.2, 0) is 9.53 Å². The van der Waals surface area contributed by atoms with E-state index in [-0.39, 0.29) is 16.5 Å². The van der Waals surface area contributed by atoms with E-state index in [1.54, 1.807) is 0 Å². The topological polar surface area (TPSA) is 64.6 Å². The highest BCUT2D eigenvalue weighted by atomic mass is 35.5. The quantitative estimate of drug-likeness (QED) is 0.388. The lowest BCUT2D eigenvalue weighted by molar-refractivity contribution is -0.123. The molecule has 2 rings (SSSR count). The molecule has 0 aliphatic rings. The van der Waals surface area contributed by atoms with Gasteiger partial charge in [0.25, 0.3) is 5.91 Å². The fourth-order valence-corrected chi connectivity index (χ4v) is 2.42. The molecular weight excluding hydrogens is 429 g/mol. The van der Waals surface area contributed by atoms with Crippen molar-refractivity contribution in [2.75, 3.05) is 5.32 Å². The van der Waals surface area contributed by atoms with Crippen molar-refractivity contribution < 1.29 is 36.6 Å². The lowest BCUT2D eigenvalue weighted by atomic mass is 10.2. The zero-order valence-corrected chi connectivity index (χ0v) is 15.5. The molecule has 150 valence electrons. The van der Waals surface area contributed by atoms with Crippen molar-refractivity contribution in [3.63, 3.8) is 0 Å². The summed E-state index contributed by atoms with van der Waals surface area (Å²) in [7, 11) is 0. The fraction of sp³-hybridized carbons (Fsp3) is 0.176. The Kier molecular flexibility index (Phi) is 7.09. The van der Waals surface area contributed by atoms with Crippen molar-refractivity contribution in [2.24, 2.45) is 0 Å². The molecule has 0 bridgehead atoms. The predicted molar refractivity (Wildman–Crippen MR) is 93.0 cm³/mol. The maximum Gasteiger partial charge on any atom is 0.387 e. The van der Waals surface area contributed by atoms with E-state index in [0.29, 0.717) is 12.1 Å². The van der Waals surface area contributed by atoms with Crippen molar-refractivity contribution in [1.29, 1.82) is 0 Å². The summed E-state index contributed by atoms with van der Waals surface area (Å²) in [5.41, 5.74) is -0.345. The first-order valence-corrected chi connectivity index (χ1v) is 8.24. The number of halogens is 6. The summed E-state index contributed by atoms with van der Waals surface area (Å²) in [6.07, 6.45) is -1.35. The second kappa shape index (κ2) is 9.11. The Morgan fingerprint density at radius 2 is 1.68 bits per heavy atom. The van der Waals surface area contributed by atoms with Crippen molar-refractivity contribution in [2.45, 2.75) is 19.6 Å². The number of hydrogen-bond acceptors (Lipinski definition) is 4. The number of amides is 1. The maximum atomic E-state index is 13.3. The lowest BCUT2D eigenvalue weighted by Gasteiger charge is -2.15. The second-order valence-corrected chi connectivity index (χ2v) is 6.12. The molecule has 0 saturated heterocycles. The number of hydrogen-bond donors (Lipinski definition) is 1. The smallest absolute Gasteiger partial charge is 0.387 e. The molecule has 0 heterocycles. The van der Waals surface area contributed by atoms with Crippen LogP contribution in [0.1, 0.15) is 17.3 Å². The van der Waals surface area contributed by atoms with Gasteiger partial charge in [0.05, 0.1) is 15.6 Å². The first kappa shape index (κ1) is 21.8. The second-order valence-electron chi connectivity index (χ2n) is 5.31. The largest absolute Gasteiger partial charge is 0.449 e. The number of ether oxygens (including phenoxy) is 2.